The van der Waals surface area contributed by atoms with E-state index in [9.17, 15) is 4.79 Å². The highest BCUT2D eigenvalue weighted by Crippen LogP contribution is 2.22. The number of amides is 1. The monoisotopic (exact) mass is 388 g/mol. The summed E-state index contributed by atoms with van der Waals surface area (Å²) in [5.41, 5.74) is 2.19. The molecule has 0 spiro atoms. The molecule has 2 aromatic heterocycles. The van der Waals surface area contributed by atoms with E-state index in [4.69, 9.17) is 11.6 Å². The predicted octanol–water partition coefficient (Wildman–Crippen LogP) is 3.50. The molecule has 0 aliphatic rings. The summed E-state index contributed by atoms with van der Waals surface area (Å²) in [7, 11) is 0. The largest absolute Gasteiger partial charge is 0.309 e. The van der Waals surface area contributed by atoms with Gasteiger partial charge in [0, 0.05) is 19.6 Å². The minimum Gasteiger partial charge on any atom is -0.309 e. The molecule has 2 heterocycles. The van der Waals surface area contributed by atoms with Crippen LogP contribution >= 0.6 is 11.6 Å². The molecule has 8 heteroatoms. The van der Waals surface area contributed by atoms with Crippen LogP contribution in [-0.2, 0) is 13.1 Å². The Kier molecular flexibility index (Phi) is 6.13. The molecule has 0 aliphatic carbocycles. The van der Waals surface area contributed by atoms with Crippen molar-refractivity contribution < 1.29 is 4.79 Å². The smallest absolute Gasteiger partial charge is 0.277 e. The van der Waals surface area contributed by atoms with Crippen LogP contribution in [0, 0.1) is 0 Å². The minimum atomic E-state index is -0.307. The number of aromatic nitrogens is 4. The van der Waals surface area contributed by atoms with Gasteiger partial charge in [-0.05, 0) is 32.1 Å². The van der Waals surface area contributed by atoms with Gasteiger partial charge in [0.1, 0.15) is 5.69 Å². The van der Waals surface area contributed by atoms with E-state index in [0.717, 1.165) is 37.2 Å². The molecule has 0 bridgehead atoms. The van der Waals surface area contributed by atoms with E-state index in [1.165, 1.54) is 6.20 Å². The molecule has 1 N–H and O–H groups in total. The quantitative estimate of drug-likeness (QED) is 0.641. The first-order valence-corrected chi connectivity index (χ1v) is 9.67. The van der Waals surface area contributed by atoms with Crippen LogP contribution in [0.5, 0.6) is 0 Å². The summed E-state index contributed by atoms with van der Waals surface area (Å²) < 4.78 is 3.63. The zero-order valence-corrected chi connectivity index (χ0v) is 16.7. The molecule has 0 saturated heterocycles. The molecule has 0 saturated carbocycles. The summed E-state index contributed by atoms with van der Waals surface area (Å²) in [6.45, 7) is 10.3. The van der Waals surface area contributed by atoms with Crippen molar-refractivity contribution in [2.24, 2.45) is 0 Å². The number of nitrogens with zero attached hydrogens (tertiary/aromatic N) is 5. The van der Waals surface area contributed by atoms with Crippen molar-refractivity contribution >= 4 is 34.5 Å². The summed E-state index contributed by atoms with van der Waals surface area (Å²) in [4.78, 5) is 19.8. The van der Waals surface area contributed by atoms with Gasteiger partial charge in [-0.15, -0.1) is 0 Å². The standard InChI is InChI=1S/C19H25ClN6O/c1-4-24(5-2)11-12-25-16-10-8-7-9-15(16)22-19(25)23-18(27)17-14(20)13-21-26(17)6-3/h7-10,13H,4-6,11-12H2,1-3H3,(H,22,23,27). The van der Waals surface area contributed by atoms with E-state index >= 15 is 0 Å². The van der Waals surface area contributed by atoms with Gasteiger partial charge in [0.15, 0.2) is 0 Å². The Morgan fingerprint density at radius 3 is 2.67 bits per heavy atom. The lowest BCUT2D eigenvalue weighted by molar-refractivity contribution is 0.101. The maximum absolute atomic E-state index is 12.8. The number of aryl methyl sites for hydroxylation is 1. The van der Waals surface area contributed by atoms with Gasteiger partial charge in [0.25, 0.3) is 5.91 Å². The second kappa shape index (κ2) is 8.54. The molecule has 0 unspecified atom stereocenters. The van der Waals surface area contributed by atoms with Crippen LogP contribution in [0.2, 0.25) is 5.02 Å². The lowest BCUT2D eigenvalue weighted by atomic mass is 10.3. The lowest BCUT2D eigenvalue weighted by Gasteiger charge is -2.19. The van der Waals surface area contributed by atoms with Crippen molar-refractivity contribution in [2.75, 3.05) is 25.0 Å². The Bertz CT molecular complexity index is 928. The van der Waals surface area contributed by atoms with Crippen LogP contribution < -0.4 is 5.32 Å². The first-order chi connectivity index (χ1) is 13.1. The van der Waals surface area contributed by atoms with Gasteiger partial charge in [0.05, 0.1) is 22.3 Å². The highest BCUT2D eigenvalue weighted by atomic mass is 35.5. The number of hydrogen-bond donors (Lipinski definition) is 1. The third-order valence-electron chi connectivity index (χ3n) is 4.72. The Morgan fingerprint density at radius 1 is 1.22 bits per heavy atom. The first kappa shape index (κ1) is 19.4. The molecular formula is C19H25ClN6O. The Morgan fingerprint density at radius 2 is 1.96 bits per heavy atom. The predicted molar refractivity (Wildman–Crippen MR) is 108 cm³/mol. The normalized spacial score (nSPS) is 11.4. The van der Waals surface area contributed by atoms with Gasteiger partial charge in [-0.2, -0.15) is 5.10 Å². The van der Waals surface area contributed by atoms with Crippen molar-refractivity contribution in [1.82, 2.24) is 24.2 Å². The summed E-state index contributed by atoms with van der Waals surface area (Å²) >= 11 is 6.17. The fourth-order valence-corrected chi connectivity index (χ4v) is 3.39. The third kappa shape index (κ3) is 3.99. The van der Waals surface area contributed by atoms with Crippen LogP contribution in [0.25, 0.3) is 11.0 Å². The van der Waals surface area contributed by atoms with Crippen LogP contribution in [-0.4, -0.2) is 49.8 Å². The number of likely N-dealkylation sites (N-methyl/N-ethyl adjacent to an activating group) is 1. The van der Waals surface area contributed by atoms with E-state index in [1.54, 1.807) is 4.68 Å². The lowest BCUT2D eigenvalue weighted by Crippen LogP contribution is -2.28. The molecule has 3 aromatic rings. The summed E-state index contributed by atoms with van der Waals surface area (Å²) in [5, 5.41) is 7.39. The molecular weight excluding hydrogens is 364 g/mol. The average molecular weight is 389 g/mol. The number of hydrogen-bond acceptors (Lipinski definition) is 4. The van der Waals surface area contributed by atoms with E-state index in [1.807, 2.05) is 35.8 Å². The molecule has 1 aromatic carbocycles. The summed E-state index contributed by atoms with van der Waals surface area (Å²) in [6.07, 6.45) is 1.49. The molecule has 0 aliphatic heterocycles. The van der Waals surface area contributed by atoms with Gasteiger partial charge in [0.2, 0.25) is 5.95 Å². The average Bonchev–Trinajstić information content (AvgIpc) is 3.22. The number of carbonyl (C=O) groups is 1. The van der Waals surface area contributed by atoms with E-state index in [2.05, 4.69) is 34.1 Å². The van der Waals surface area contributed by atoms with Crippen LogP contribution in [0.15, 0.2) is 30.5 Å². The first-order valence-electron chi connectivity index (χ1n) is 9.29. The molecule has 7 nitrogen and oxygen atoms in total. The molecule has 0 radical (unpaired) electrons. The molecule has 0 atom stereocenters. The highest BCUT2D eigenvalue weighted by molar-refractivity contribution is 6.34. The number of benzene rings is 1. The van der Waals surface area contributed by atoms with Crippen molar-refractivity contribution in [3.63, 3.8) is 0 Å². The van der Waals surface area contributed by atoms with Gasteiger partial charge >= 0.3 is 0 Å². The summed E-state index contributed by atoms with van der Waals surface area (Å²) in [6, 6.07) is 7.89. The number of nitrogens with one attached hydrogen (secondary N) is 1. The number of fused-ring (bicyclic) bond motifs is 1. The zero-order chi connectivity index (χ0) is 19.4. The maximum atomic E-state index is 12.8. The summed E-state index contributed by atoms with van der Waals surface area (Å²) in [5.74, 6) is 0.215. The fraction of sp³-hybridized carbons (Fsp3) is 0.421. The van der Waals surface area contributed by atoms with Crippen LogP contribution in [0.3, 0.4) is 0 Å². The van der Waals surface area contributed by atoms with E-state index in [0.29, 0.717) is 23.2 Å². The molecule has 27 heavy (non-hydrogen) atoms. The molecule has 1 amide bonds. The Labute approximate surface area is 163 Å². The van der Waals surface area contributed by atoms with Gasteiger partial charge in [-0.3, -0.25) is 14.8 Å². The van der Waals surface area contributed by atoms with Gasteiger partial charge < -0.3 is 9.47 Å². The van der Waals surface area contributed by atoms with Crippen molar-refractivity contribution in [1.29, 1.82) is 0 Å². The molecule has 144 valence electrons. The van der Waals surface area contributed by atoms with Gasteiger partial charge in [-0.25, -0.2) is 4.98 Å². The topological polar surface area (TPSA) is 68.0 Å². The van der Waals surface area contributed by atoms with Crippen molar-refractivity contribution in [3.8, 4) is 0 Å². The Balaban J connectivity index is 1.92. The number of halogens is 1. The molecule has 0 fully saturated rings. The number of rotatable bonds is 8. The third-order valence-corrected chi connectivity index (χ3v) is 5.00. The van der Waals surface area contributed by atoms with Gasteiger partial charge in [-0.1, -0.05) is 37.6 Å². The zero-order valence-electron chi connectivity index (χ0n) is 15.9. The Hall–Kier alpha value is -2.38. The highest BCUT2D eigenvalue weighted by Gasteiger charge is 2.20. The van der Waals surface area contributed by atoms with Crippen LogP contribution in [0.4, 0.5) is 5.95 Å². The SMILES string of the molecule is CCN(CC)CCn1c(NC(=O)c2c(Cl)cnn2CC)nc2ccccc21. The second-order valence-corrected chi connectivity index (χ2v) is 6.62. The minimum absolute atomic E-state index is 0.307. The number of para-hydroxylation sites is 2. The number of imidazole rings is 1. The molecule has 3 rings (SSSR count). The second-order valence-electron chi connectivity index (χ2n) is 6.21. The van der Waals surface area contributed by atoms with Crippen LogP contribution in [0.1, 0.15) is 31.3 Å². The van der Waals surface area contributed by atoms with Crippen molar-refractivity contribution in [3.05, 3.63) is 41.2 Å². The fourth-order valence-electron chi connectivity index (χ4n) is 3.17. The number of anilines is 1. The van der Waals surface area contributed by atoms with Crippen molar-refractivity contribution in [2.45, 2.75) is 33.9 Å². The van der Waals surface area contributed by atoms with E-state index in [-0.39, 0.29) is 5.91 Å². The van der Waals surface area contributed by atoms with E-state index < -0.39 is 0 Å². The maximum Gasteiger partial charge on any atom is 0.277 e. The number of carbonyl (C=O) groups excluding carboxylic acids is 1.